The number of nitrogens with zero attached hydrogens (tertiary/aromatic N) is 1. The molecule has 84 valence electrons. The van der Waals surface area contributed by atoms with E-state index in [-0.39, 0.29) is 11.8 Å². The number of benzene rings is 1. The predicted molar refractivity (Wildman–Crippen MR) is 66.2 cm³/mol. The van der Waals surface area contributed by atoms with Crippen molar-refractivity contribution >= 4 is 23.0 Å². The second-order valence-corrected chi connectivity index (χ2v) is 4.10. The number of carbonyl (C=O) groups excluding carboxylic acids is 1. The second kappa shape index (κ2) is 4.47. The maximum atomic E-state index is 12.0. The van der Waals surface area contributed by atoms with Crippen LogP contribution in [-0.2, 0) is 4.79 Å². The van der Waals surface area contributed by atoms with Gasteiger partial charge in [0.05, 0.1) is 17.3 Å². The molecule has 0 saturated carbocycles. The number of nitrogens with one attached hydrogen (secondary N) is 1. The van der Waals surface area contributed by atoms with E-state index in [1.54, 1.807) is 0 Å². The third-order valence-corrected chi connectivity index (χ3v) is 2.86. The van der Waals surface area contributed by atoms with Crippen LogP contribution in [0.3, 0.4) is 0 Å². The highest BCUT2D eigenvalue weighted by molar-refractivity contribution is 6.12. The van der Waals surface area contributed by atoms with E-state index < -0.39 is 0 Å². The molecule has 3 nitrogen and oxygen atoms in total. The van der Waals surface area contributed by atoms with Gasteiger partial charge in [-0.2, -0.15) is 0 Å². The van der Waals surface area contributed by atoms with E-state index in [0.717, 1.165) is 29.9 Å². The van der Waals surface area contributed by atoms with Crippen LogP contribution >= 0.6 is 0 Å². The Labute approximate surface area is 95.6 Å². The van der Waals surface area contributed by atoms with Crippen molar-refractivity contribution in [2.75, 3.05) is 5.32 Å². The topological polar surface area (TPSA) is 41.5 Å². The van der Waals surface area contributed by atoms with Gasteiger partial charge in [-0.05, 0) is 25.5 Å². The van der Waals surface area contributed by atoms with Gasteiger partial charge >= 0.3 is 0 Å². The van der Waals surface area contributed by atoms with Crippen LogP contribution in [0.1, 0.15) is 26.7 Å². The minimum Gasteiger partial charge on any atom is -0.324 e. The summed E-state index contributed by atoms with van der Waals surface area (Å²) < 4.78 is 0. The second-order valence-electron chi connectivity index (χ2n) is 4.10. The van der Waals surface area contributed by atoms with E-state index >= 15 is 0 Å². The molecule has 0 bridgehead atoms. The zero-order chi connectivity index (χ0) is 11.5. The van der Waals surface area contributed by atoms with Crippen molar-refractivity contribution in [3.63, 3.8) is 0 Å². The van der Waals surface area contributed by atoms with Gasteiger partial charge in [-0.3, -0.25) is 9.79 Å². The summed E-state index contributed by atoms with van der Waals surface area (Å²) in [6, 6.07) is 7.65. The normalized spacial score (nSPS) is 19.5. The molecule has 1 aliphatic heterocycles. The molecule has 0 aliphatic carbocycles. The molecule has 2 rings (SSSR count). The smallest absolute Gasteiger partial charge is 0.233 e. The van der Waals surface area contributed by atoms with E-state index in [0.29, 0.717) is 0 Å². The van der Waals surface area contributed by atoms with Crippen LogP contribution in [0.25, 0.3) is 0 Å². The van der Waals surface area contributed by atoms with Crippen molar-refractivity contribution in [1.82, 2.24) is 0 Å². The quantitative estimate of drug-likeness (QED) is 0.810. The SMILES string of the molecule is CCCC1C(=O)Nc2ccccc2N=C1C. The first-order valence-electron chi connectivity index (χ1n) is 5.67. The fourth-order valence-electron chi connectivity index (χ4n) is 1.98. The van der Waals surface area contributed by atoms with Crippen LogP contribution in [0.4, 0.5) is 11.4 Å². The molecule has 1 aliphatic rings. The molecule has 0 aromatic heterocycles. The van der Waals surface area contributed by atoms with Crippen LogP contribution in [0.15, 0.2) is 29.3 Å². The van der Waals surface area contributed by atoms with Crippen molar-refractivity contribution in [1.29, 1.82) is 0 Å². The van der Waals surface area contributed by atoms with Crippen molar-refractivity contribution in [2.45, 2.75) is 26.7 Å². The Hall–Kier alpha value is -1.64. The van der Waals surface area contributed by atoms with Gasteiger partial charge in [-0.25, -0.2) is 0 Å². The Morgan fingerprint density at radius 1 is 1.38 bits per heavy atom. The lowest BCUT2D eigenvalue weighted by Crippen LogP contribution is -2.26. The van der Waals surface area contributed by atoms with Crippen LogP contribution in [0.5, 0.6) is 0 Å². The molecule has 0 saturated heterocycles. The predicted octanol–water partition coefficient (Wildman–Crippen LogP) is 3.15. The summed E-state index contributed by atoms with van der Waals surface area (Å²) in [5.74, 6) is -0.0227. The van der Waals surface area contributed by atoms with E-state index in [4.69, 9.17) is 0 Å². The number of para-hydroxylation sites is 2. The Morgan fingerprint density at radius 2 is 2.12 bits per heavy atom. The molecule has 1 aromatic rings. The summed E-state index contributed by atoms with van der Waals surface area (Å²) in [6.07, 6.45) is 1.84. The third kappa shape index (κ3) is 1.98. The monoisotopic (exact) mass is 216 g/mol. The summed E-state index contributed by atoms with van der Waals surface area (Å²) in [6.45, 7) is 4.01. The maximum Gasteiger partial charge on any atom is 0.233 e. The van der Waals surface area contributed by atoms with Gasteiger partial charge in [0.15, 0.2) is 0 Å². The molecule has 0 fully saturated rings. The number of aliphatic imine (C=N–C) groups is 1. The van der Waals surface area contributed by atoms with Crippen molar-refractivity contribution in [2.24, 2.45) is 10.9 Å². The largest absolute Gasteiger partial charge is 0.324 e. The molecule has 1 unspecified atom stereocenters. The van der Waals surface area contributed by atoms with Crippen molar-refractivity contribution in [3.8, 4) is 0 Å². The average Bonchev–Trinajstić information content (AvgIpc) is 2.38. The summed E-state index contributed by atoms with van der Waals surface area (Å²) in [4.78, 5) is 16.5. The minimum absolute atomic E-state index is 0.0630. The number of rotatable bonds is 2. The first-order valence-corrected chi connectivity index (χ1v) is 5.67. The Kier molecular flexibility index (Phi) is 3.04. The van der Waals surface area contributed by atoms with E-state index in [1.165, 1.54) is 0 Å². The Bertz CT molecular complexity index is 437. The van der Waals surface area contributed by atoms with Gasteiger partial charge in [0.25, 0.3) is 0 Å². The molecule has 1 heterocycles. The zero-order valence-corrected chi connectivity index (χ0v) is 9.66. The van der Waals surface area contributed by atoms with Crippen LogP contribution in [-0.4, -0.2) is 11.6 Å². The number of amides is 1. The first-order chi connectivity index (χ1) is 7.72. The highest BCUT2D eigenvalue weighted by Crippen LogP contribution is 2.29. The number of anilines is 1. The molecule has 1 aromatic carbocycles. The van der Waals surface area contributed by atoms with Crippen LogP contribution in [0, 0.1) is 5.92 Å². The molecule has 1 amide bonds. The molecule has 0 spiro atoms. The molecular weight excluding hydrogens is 200 g/mol. The summed E-state index contributed by atoms with van der Waals surface area (Å²) in [5.41, 5.74) is 2.57. The number of hydrogen-bond acceptors (Lipinski definition) is 2. The highest BCUT2D eigenvalue weighted by Gasteiger charge is 2.24. The zero-order valence-electron chi connectivity index (χ0n) is 9.66. The molecule has 16 heavy (non-hydrogen) atoms. The lowest BCUT2D eigenvalue weighted by atomic mass is 9.98. The maximum absolute atomic E-state index is 12.0. The standard InChI is InChI=1S/C13H16N2O/c1-3-6-10-9(2)14-11-7-4-5-8-12(11)15-13(10)16/h4-5,7-8,10H,3,6H2,1-2H3,(H,15,16). The third-order valence-electron chi connectivity index (χ3n) is 2.86. The van der Waals surface area contributed by atoms with Crippen LogP contribution in [0.2, 0.25) is 0 Å². The van der Waals surface area contributed by atoms with Gasteiger partial charge in [0.1, 0.15) is 0 Å². The minimum atomic E-state index is -0.0857. The van der Waals surface area contributed by atoms with Crippen molar-refractivity contribution in [3.05, 3.63) is 24.3 Å². The van der Waals surface area contributed by atoms with Gasteiger partial charge in [0.2, 0.25) is 5.91 Å². The fraction of sp³-hybridized carbons (Fsp3) is 0.385. The van der Waals surface area contributed by atoms with Gasteiger partial charge in [-0.15, -0.1) is 0 Å². The van der Waals surface area contributed by atoms with Gasteiger partial charge < -0.3 is 5.32 Å². The molecule has 1 atom stereocenters. The summed E-state index contributed by atoms with van der Waals surface area (Å²) >= 11 is 0. The number of carbonyl (C=O) groups is 1. The number of hydrogen-bond donors (Lipinski definition) is 1. The Morgan fingerprint density at radius 3 is 2.88 bits per heavy atom. The van der Waals surface area contributed by atoms with Gasteiger partial charge in [-0.1, -0.05) is 25.5 Å². The summed E-state index contributed by atoms with van der Waals surface area (Å²) in [7, 11) is 0. The lowest BCUT2D eigenvalue weighted by molar-refractivity contribution is -0.118. The summed E-state index contributed by atoms with van der Waals surface area (Å²) in [5, 5.41) is 2.93. The molecule has 1 N–H and O–H groups in total. The first kappa shape index (κ1) is 10.9. The Balaban J connectivity index is 2.39. The molecule has 0 radical (unpaired) electrons. The fourth-order valence-corrected chi connectivity index (χ4v) is 1.98. The lowest BCUT2D eigenvalue weighted by Gasteiger charge is -2.12. The average molecular weight is 216 g/mol. The molecule has 3 heteroatoms. The van der Waals surface area contributed by atoms with Crippen molar-refractivity contribution < 1.29 is 4.79 Å². The van der Waals surface area contributed by atoms with Crippen LogP contribution < -0.4 is 5.32 Å². The molecular formula is C13H16N2O. The van der Waals surface area contributed by atoms with E-state index in [1.807, 2.05) is 31.2 Å². The highest BCUT2D eigenvalue weighted by atomic mass is 16.1. The van der Waals surface area contributed by atoms with Gasteiger partial charge in [0, 0.05) is 5.71 Å². The van der Waals surface area contributed by atoms with E-state index in [9.17, 15) is 4.79 Å². The number of fused-ring (bicyclic) bond motifs is 1. The van der Waals surface area contributed by atoms with E-state index in [2.05, 4.69) is 17.2 Å².